The third-order valence-corrected chi connectivity index (χ3v) is 1.80. The fourth-order valence-corrected chi connectivity index (χ4v) is 1.12. The van der Waals surface area contributed by atoms with Crippen LogP contribution in [0.3, 0.4) is 0 Å². The highest BCUT2D eigenvalue weighted by Crippen LogP contribution is 2.19. The van der Waals surface area contributed by atoms with Gasteiger partial charge in [0.05, 0.1) is 18.4 Å². The minimum Gasteiger partial charge on any atom is -0.394 e. The van der Waals surface area contributed by atoms with E-state index in [0.29, 0.717) is 17.5 Å². The van der Waals surface area contributed by atoms with Crippen molar-refractivity contribution in [2.45, 2.75) is 40.2 Å². The van der Waals surface area contributed by atoms with Crippen molar-refractivity contribution in [2.24, 2.45) is 0 Å². The van der Waals surface area contributed by atoms with Crippen LogP contribution in [0.1, 0.15) is 34.6 Å². The second kappa shape index (κ2) is 5.21. The zero-order chi connectivity index (χ0) is 13.1. The van der Waals surface area contributed by atoms with E-state index in [9.17, 15) is 0 Å². The first-order valence-electron chi connectivity index (χ1n) is 5.58. The van der Waals surface area contributed by atoms with Gasteiger partial charge in [-0.25, -0.2) is 4.98 Å². The number of nitrogens with one attached hydrogen (secondary N) is 2. The summed E-state index contributed by atoms with van der Waals surface area (Å²) < 4.78 is 0. The van der Waals surface area contributed by atoms with E-state index in [-0.39, 0.29) is 5.54 Å². The summed E-state index contributed by atoms with van der Waals surface area (Å²) in [5.74, 6) is 2.33. The average molecular weight is 235 g/mol. The van der Waals surface area contributed by atoms with Gasteiger partial charge in [-0.15, -0.1) is 0 Å². The van der Waals surface area contributed by atoms with Gasteiger partial charge in [0.1, 0.15) is 0 Å². The van der Waals surface area contributed by atoms with E-state index in [1.807, 2.05) is 20.4 Å². The molecular weight excluding hydrogens is 214 g/mol. The van der Waals surface area contributed by atoms with Crippen molar-refractivity contribution in [3.8, 4) is 0 Å². The van der Waals surface area contributed by atoms with Crippen molar-refractivity contribution in [3.05, 3.63) is 18.7 Å². The van der Waals surface area contributed by atoms with Crippen molar-refractivity contribution in [1.82, 2.24) is 9.97 Å². The van der Waals surface area contributed by atoms with E-state index in [0.717, 1.165) is 5.92 Å². The van der Waals surface area contributed by atoms with Gasteiger partial charge in [-0.2, -0.15) is 4.98 Å². The first-order chi connectivity index (χ1) is 7.78. The van der Waals surface area contributed by atoms with Crippen LogP contribution in [0.25, 0.3) is 0 Å². The van der Waals surface area contributed by atoms with Gasteiger partial charge in [-0.1, -0.05) is 13.8 Å². The van der Waals surface area contributed by atoms with Gasteiger partial charge in [0.25, 0.3) is 0 Å². The Balaban J connectivity index is 2.79. The summed E-state index contributed by atoms with van der Waals surface area (Å²) in [6, 6.07) is 0. The van der Waals surface area contributed by atoms with E-state index in [4.69, 9.17) is 5.73 Å². The number of anilines is 3. The molecule has 0 unspecified atom stereocenters. The van der Waals surface area contributed by atoms with Crippen LogP contribution in [0.5, 0.6) is 0 Å². The van der Waals surface area contributed by atoms with Gasteiger partial charge in [-0.05, 0) is 26.7 Å². The molecule has 1 heterocycles. The zero-order valence-corrected chi connectivity index (χ0v) is 11.1. The summed E-state index contributed by atoms with van der Waals surface area (Å²) >= 11 is 0. The minimum absolute atomic E-state index is 0.0795. The molecular formula is C12H21N5. The fourth-order valence-electron chi connectivity index (χ4n) is 1.12. The lowest BCUT2D eigenvalue weighted by Crippen LogP contribution is -2.27. The summed E-state index contributed by atoms with van der Waals surface area (Å²) in [4.78, 5) is 8.47. The Labute approximate surface area is 103 Å². The van der Waals surface area contributed by atoms with Gasteiger partial charge in [0.2, 0.25) is 5.95 Å². The molecule has 0 aliphatic carbocycles. The molecule has 0 bridgehead atoms. The molecule has 17 heavy (non-hydrogen) atoms. The maximum atomic E-state index is 5.79. The Kier molecular flexibility index (Phi) is 4.15. The number of hydrogen-bond acceptors (Lipinski definition) is 5. The van der Waals surface area contributed by atoms with Gasteiger partial charge in [0.15, 0.2) is 5.82 Å². The first kappa shape index (κ1) is 13.5. The summed E-state index contributed by atoms with van der Waals surface area (Å²) in [7, 11) is 0. The topological polar surface area (TPSA) is 75.9 Å². The van der Waals surface area contributed by atoms with Crippen LogP contribution in [0, 0.1) is 12.5 Å². The lowest BCUT2D eigenvalue weighted by Gasteiger charge is -2.21. The van der Waals surface area contributed by atoms with E-state index >= 15 is 0 Å². The van der Waals surface area contributed by atoms with Crippen molar-refractivity contribution in [3.63, 3.8) is 0 Å². The summed E-state index contributed by atoms with van der Waals surface area (Å²) in [6.07, 6.45) is 1.60. The molecule has 1 aromatic rings. The van der Waals surface area contributed by atoms with Crippen molar-refractivity contribution in [2.75, 3.05) is 16.4 Å². The Hall–Kier alpha value is -1.52. The lowest BCUT2D eigenvalue weighted by molar-refractivity contribution is 0.626. The zero-order valence-electron chi connectivity index (χ0n) is 11.1. The Morgan fingerprint density at radius 2 is 2.00 bits per heavy atom. The molecule has 0 aliphatic rings. The lowest BCUT2D eigenvalue weighted by atomic mass is 10.1. The molecule has 5 heteroatoms. The van der Waals surface area contributed by atoms with Crippen molar-refractivity contribution in [1.29, 1.82) is 0 Å². The molecule has 1 rings (SSSR count). The van der Waals surface area contributed by atoms with Gasteiger partial charge >= 0.3 is 0 Å². The predicted molar refractivity (Wildman–Crippen MR) is 72.3 cm³/mol. The number of hydrogen-bond donors (Lipinski definition) is 3. The molecule has 4 N–H and O–H groups in total. The molecule has 0 spiro atoms. The van der Waals surface area contributed by atoms with Gasteiger partial charge in [0, 0.05) is 5.54 Å². The van der Waals surface area contributed by atoms with Gasteiger partial charge < -0.3 is 16.4 Å². The number of nitrogen functional groups attached to an aromatic ring is 1. The normalized spacial score (nSPS) is 11.6. The van der Waals surface area contributed by atoms with Crippen LogP contribution in [0.15, 0.2) is 6.20 Å². The van der Waals surface area contributed by atoms with Crippen LogP contribution in [0.4, 0.5) is 17.5 Å². The van der Waals surface area contributed by atoms with E-state index < -0.39 is 0 Å². The summed E-state index contributed by atoms with van der Waals surface area (Å²) in [5.41, 5.74) is 6.25. The Morgan fingerprint density at radius 3 is 2.53 bits per heavy atom. The highest BCUT2D eigenvalue weighted by Gasteiger charge is 2.12. The molecule has 0 amide bonds. The summed E-state index contributed by atoms with van der Waals surface area (Å²) in [5, 5.41) is 6.26. The molecule has 0 fully saturated rings. The van der Waals surface area contributed by atoms with Crippen LogP contribution >= 0.6 is 0 Å². The van der Waals surface area contributed by atoms with E-state index in [2.05, 4.69) is 41.4 Å². The van der Waals surface area contributed by atoms with E-state index in [1.54, 1.807) is 6.20 Å². The van der Waals surface area contributed by atoms with Crippen LogP contribution in [0.2, 0.25) is 0 Å². The Morgan fingerprint density at radius 1 is 1.35 bits per heavy atom. The smallest absolute Gasteiger partial charge is 0.225 e. The molecule has 1 aromatic heterocycles. The fraction of sp³-hybridized carbons (Fsp3) is 0.500. The minimum atomic E-state index is -0.0795. The average Bonchev–Trinajstić information content (AvgIpc) is 2.16. The maximum Gasteiger partial charge on any atom is 0.225 e. The third kappa shape index (κ3) is 4.89. The largest absolute Gasteiger partial charge is 0.394 e. The van der Waals surface area contributed by atoms with Crippen molar-refractivity contribution >= 4 is 17.5 Å². The third-order valence-electron chi connectivity index (χ3n) is 1.80. The van der Waals surface area contributed by atoms with Crippen LogP contribution in [-0.4, -0.2) is 15.5 Å². The van der Waals surface area contributed by atoms with Gasteiger partial charge in [-0.3, -0.25) is 0 Å². The molecule has 5 nitrogen and oxygen atoms in total. The molecule has 2 radical (unpaired) electrons. The van der Waals surface area contributed by atoms with Crippen LogP contribution in [-0.2, 0) is 0 Å². The van der Waals surface area contributed by atoms with Crippen molar-refractivity contribution < 1.29 is 0 Å². The second-order valence-electron chi connectivity index (χ2n) is 5.24. The molecule has 0 aromatic carbocycles. The van der Waals surface area contributed by atoms with E-state index in [1.165, 1.54) is 0 Å². The highest BCUT2D eigenvalue weighted by molar-refractivity contribution is 5.62. The number of aromatic nitrogens is 2. The SMILES string of the molecule is C[C](C)[CH]Nc1nc(NC(C)(C)C)ncc1N. The molecule has 0 saturated heterocycles. The summed E-state index contributed by atoms with van der Waals surface area (Å²) in [6.45, 7) is 12.0. The van der Waals surface area contributed by atoms with Crippen LogP contribution < -0.4 is 16.4 Å². The standard InChI is InChI=1S/C12H21N5/c1-8(2)6-14-10-9(13)7-15-11(16-10)17-12(3,4)5/h6-7H,13H2,1-5H3,(H2,14,15,16,17). The molecule has 0 saturated carbocycles. The Bertz CT molecular complexity index is 368. The quantitative estimate of drug-likeness (QED) is 0.747. The molecule has 0 aliphatic heterocycles. The number of nitrogens with two attached hydrogens (primary N) is 1. The number of rotatable bonds is 4. The predicted octanol–water partition coefficient (Wildman–Crippen LogP) is 2.46. The highest BCUT2D eigenvalue weighted by atomic mass is 15.2. The molecule has 0 atom stereocenters. The molecule has 94 valence electrons. The monoisotopic (exact) mass is 235 g/mol. The number of nitrogens with zero attached hydrogens (tertiary/aromatic N) is 2. The first-order valence-corrected chi connectivity index (χ1v) is 5.58. The maximum absolute atomic E-state index is 5.79. The second-order valence-corrected chi connectivity index (χ2v) is 5.24.